The number of carboxylic acid groups (broad SMARTS) is 6. The number of aryl methyl sites for hydroxylation is 12. The molecule has 14 aromatic rings. The van der Waals surface area contributed by atoms with Gasteiger partial charge in [-0.2, -0.15) is 69.2 Å². The van der Waals surface area contributed by atoms with Crippen LogP contribution in [0.3, 0.4) is 0 Å². The summed E-state index contributed by atoms with van der Waals surface area (Å²) in [5.41, 5.74) is 20.2. The van der Waals surface area contributed by atoms with Gasteiger partial charge in [-0.3, -0.25) is 0 Å². The minimum Gasteiger partial charge on any atom is -0.870 e. The number of carbonyl (C=O) groups excluding carboxylic acids is 8. The van der Waals surface area contributed by atoms with E-state index in [9.17, 15) is 59.4 Å². The molecule has 0 bridgehead atoms. The zero-order valence-corrected chi connectivity index (χ0v) is 120. The molecule has 1 aliphatic rings. The number of aromatic carboxylic acids is 6. The van der Waals surface area contributed by atoms with Crippen molar-refractivity contribution in [3.8, 4) is 11.1 Å². The zero-order chi connectivity index (χ0) is 78.6. The predicted molar refractivity (Wildman–Crippen MR) is 411 cm³/mol. The summed E-state index contributed by atoms with van der Waals surface area (Å²) >= 11 is 0. The fraction of sp³-hybridized carbons (Fsp3) is 0.138. The molecule has 15 rings (SSSR count). The van der Waals surface area contributed by atoms with Gasteiger partial charge in [-0.05, 0) is 219 Å². The van der Waals surface area contributed by atoms with Gasteiger partial charge in [0.2, 0.25) is 0 Å². The van der Waals surface area contributed by atoms with E-state index in [1.807, 2.05) is 139 Å². The number of hydrogen-bond donors (Lipinski definition) is 0. The van der Waals surface area contributed by atoms with Crippen LogP contribution in [0.5, 0.6) is 0 Å². The van der Waals surface area contributed by atoms with Crippen molar-refractivity contribution in [2.24, 2.45) is 0 Å². The van der Waals surface area contributed by atoms with E-state index >= 15 is 0 Å². The summed E-state index contributed by atoms with van der Waals surface area (Å²) in [5, 5.41) is 75.5. The molecule has 0 radical (unpaired) electrons. The number of fused-ring (bicyclic) bond motifs is 9. The minimum atomic E-state index is -1.17. The quantitative estimate of drug-likeness (QED) is 0.101. The topological polar surface area (TPSA) is 305 Å². The molecule has 23 heteroatoms. The summed E-state index contributed by atoms with van der Waals surface area (Å²) in [6, 6.07) is 79.3. The van der Waals surface area contributed by atoms with Crippen LogP contribution in [0.15, 0.2) is 231 Å². The van der Waals surface area contributed by atoms with Gasteiger partial charge in [-0.1, -0.05) is 218 Å². The standard InChI is InChI=1S/C32H23O2.2C17H14O2.2C9H10O2.C9H9O2.CO2.8Cs.H2O/c1-20-12-17-27-28(18-20)32(23-8-4-3-5-9-23,24-15-13-22(14-16-24)31(33)34)29-19-21(2)25-10-6-7-11-26(25)30(27)29;1-10-4-6-14-13(7-10)9-12-5-3-11(2)8-15(12)16(14)17(18)19;1-10-13-5-3-4-6-14(13)11(2)16-9-12(17(18)19)7-8-15(10)16;1-6-3-7(2)5-8(4-6)9(10)11;1-6-3-4-8(9(10)11)5-7(6)2;1-6-3-4-7(2)8(5-6)9(10)11;2-1-3;;;;;;;;;/h4-19H,1-2H3,(H,33,34);2*3-9H,1-2H3,(H,18,19);2*3-5H,1-2H3,(H,10,11);4-5H,1-2H3,(H,10,11);;;;;;;;;;1H2/q-1;;;;;-1;;8*+1;/p-7. The third-order valence-electron chi connectivity index (χ3n) is 19.2. The second-order valence-corrected chi connectivity index (χ2v) is 26.8. The number of benzene rings is 14. The Morgan fingerprint density at radius 1 is 0.325 bits per heavy atom. The maximum Gasteiger partial charge on any atom is 1.00 e. The average molecular weight is 2510 g/mol. The Hall–Kier alpha value is 2.96. The Morgan fingerprint density at radius 2 is 0.786 bits per heavy atom. The largest absolute Gasteiger partial charge is 1.00 e. The van der Waals surface area contributed by atoms with Gasteiger partial charge in [0.15, 0.2) is 0 Å². The smallest absolute Gasteiger partial charge is 0.870 e. The van der Waals surface area contributed by atoms with Crippen molar-refractivity contribution in [1.82, 2.24) is 0 Å². The van der Waals surface area contributed by atoms with Crippen molar-refractivity contribution in [2.45, 2.75) is 88.5 Å². The summed E-state index contributed by atoms with van der Waals surface area (Å²) in [6.45, 7) is 23.4. The van der Waals surface area contributed by atoms with Crippen LogP contribution in [0.25, 0.3) is 65.0 Å². The first-order valence-corrected chi connectivity index (χ1v) is 34.4. The molecule has 0 spiro atoms. The molecule has 117 heavy (non-hydrogen) atoms. The van der Waals surface area contributed by atoms with Crippen LogP contribution in [-0.2, 0) is 15.0 Å². The zero-order valence-electron chi connectivity index (χ0n) is 70.1. The molecule has 0 fully saturated rings. The molecule has 15 nitrogen and oxygen atoms in total. The van der Waals surface area contributed by atoms with E-state index < -0.39 is 41.2 Å². The summed E-state index contributed by atoms with van der Waals surface area (Å²) in [6.07, 6.45) is 0.250. The number of carbonyl (C=O) groups is 6. The van der Waals surface area contributed by atoms with Gasteiger partial charge >= 0.3 is 557 Å². The minimum absolute atomic E-state index is 0. The van der Waals surface area contributed by atoms with E-state index in [1.54, 1.807) is 80.6 Å². The van der Waals surface area contributed by atoms with Crippen molar-refractivity contribution in [1.29, 1.82) is 0 Å². The molecule has 0 aromatic heterocycles. The molecule has 1 unspecified atom stereocenters. The maximum atomic E-state index is 11.5. The normalized spacial score (nSPS) is 11.1. The van der Waals surface area contributed by atoms with Gasteiger partial charge in [-0.25, -0.2) is 0 Å². The van der Waals surface area contributed by atoms with Crippen LogP contribution >= 0.6 is 0 Å². The van der Waals surface area contributed by atoms with Crippen molar-refractivity contribution in [3.63, 3.8) is 0 Å². The Balaban J connectivity index is 0.00000142. The van der Waals surface area contributed by atoms with Crippen LogP contribution in [0.4, 0.5) is 0 Å². The summed E-state index contributed by atoms with van der Waals surface area (Å²) in [5.74, 6) is -6.78. The van der Waals surface area contributed by atoms with Crippen molar-refractivity contribution >= 4 is 95.8 Å². The van der Waals surface area contributed by atoms with Crippen LogP contribution in [0.1, 0.15) is 151 Å². The molecule has 14 aromatic carbocycles. The first-order chi connectivity index (χ1) is 51.4. The number of carboxylic acids is 6. The van der Waals surface area contributed by atoms with Crippen molar-refractivity contribution < 1.29 is 626 Å². The first-order valence-electron chi connectivity index (χ1n) is 34.4. The number of rotatable bonds is 8. The van der Waals surface area contributed by atoms with Gasteiger partial charge in [0.25, 0.3) is 0 Å². The first kappa shape index (κ1) is 120. The fourth-order valence-electron chi connectivity index (χ4n) is 13.9. The van der Waals surface area contributed by atoms with Crippen LogP contribution in [0.2, 0.25) is 0 Å². The van der Waals surface area contributed by atoms with E-state index in [0.29, 0.717) is 5.56 Å². The Labute approximate surface area is 1150 Å². The Kier molecular flexibility index (Phi) is 58.7. The summed E-state index contributed by atoms with van der Waals surface area (Å²) in [4.78, 5) is 81.5. The molecule has 0 saturated carbocycles. The van der Waals surface area contributed by atoms with E-state index in [1.165, 1.54) is 60.5 Å². The fourth-order valence-corrected chi connectivity index (χ4v) is 13.9. The monoisotopic (exact) mass is 2510 g/mol. The maximum absolute atomic E-state index is 11.5. The van der Waals surface area contributed by atoms with E-state index in [2.05, 4.69) is 106 Å². The Bertz CT molecular complexity index is 5910. The molecule has 1 atom stereocenters. The van der Waals surface area contributed by atoms with Crippen molar-refractivity contribution in [2.75, 3.05) is 0 Å². The summed E-state index contributed by atoms with van der Waals surface area (Å²) in [7, 11) is 0. The van der Waals surface area contributed by atoms with Gasteiger partial charge in [-0.15, -0.1) is 11.1 Å². The molecule has 0 saturated heterocycles. The second kappa shape index (κ2) is 57.3. The second-order valence-electron chi connectivity index (χ2n) is 26.8. The molecule has 0 aliphatic heterocycles. The van der Waals surface area contributed by atoms with Crippen molar-refractivity contribution in [3.05, 3.63) is 365 Å². The van der Waals surface area contributed by atoms with Crippen LogP contribution in [-0.4, -0.2) is 47.4 Å². The van der Waals surface area contributed by atoms with Gasteiger partial charge in [0.1, 0.15) is 0 Å². The van der Waals surface area contributed by atoms with Gasteiger partial charge < -0.3 is 64.9 Å². The SMILES string of the molecule is Cc1[c-]cc(C)c(C(=O)[O-])c1.Cc1c2ccccc2c(C)c2cc(C(=O)[O-])ccc12.Cc1cc(C)cc(C(=O)[O-])c1.Cc1ccc(C(=O)[O-])cc1C.Cc1ccc2c(C(=O)[O-])c3cc(C)ccc3cc2c1.Cc1ccc2c(c1)C(c1cc[c-]cc1)(c1ccc(C(=O)[O-])cc1)c1cc(C)c3ccccc3c1-2.O=C=O.[Cs+].[Cs+].[Cs+].[Cs+].[Cs+].[Cs+].[Cs+].[Cs+].[OH-]. The van der Waals surface area contributed by atoms with E-state index in [4.69, 9.17) is 9.59 Å². The average Bonchev–Trinajstić information content (AvgIpc) is 1.52. The third-order valence-corrected chi connectivity index (χ3v) is 19.2. The molecular formula is C94H75Cs8O15-. The van der Waals surface area contributed by atoms with Crippen LogP contribution < -0.4 is 582 Å². The predicted octanol–water partition coefficient (Wildman–Crippen LogP) is -11.0. The van der Waals surface area contributed by atoms with Crippen LogP contribution in [0, 0.1) is 95.2 Å². The number of hydrogen-bond acceptors (Lipinski definition) is 15. The third kappa shape index (κ3) is 31.0. The van der Waals surface area contributed by atoms with Gasteiger partial charge in [0, 0.05) is 16.9 Å². The molecular weight excluding hydrogens is 2430 g/mol. The van der Waals surface area contributed by atoms with E-state index in [0.717, 1.165) is 88.0 Å². The summed E-state index contributed by atoms with van der Waals surface area (Å²) < 4.78 is 0. The van der Waals surface area contributed by atoms with Gasteiger partial charge in [0.05, 0.1) is 29.8 Å². The molecule has 1 N–H and O–H groups in total. The molecule has 0 heterocycles. The van der Waals surface area contributed by atoms with E-state index in [-0.39, 0.29) is 596 Å². The molecule has 1 aliphatic carbocycles. The Morgan fingerprint density at radius 3 is 1.32 bits per heavy atom. The molecule has 550 valence electrons. The molecule has 0 amide bonds.